The first-order valence-corrected chi connectivity index (χ1v) is 27.8. The molecular formula is C51H59ClN17O4S+. The van der Waals surface area contributed by atoms with Crippen molar-refractivity contribution in [2.75, 3.05) is 71.7 Å². The van der Waals surface area contributed by atoms with Crippen LogP contribution < -0.4 is 19.6 Å². The minimum Gasteiger partial charge on any atom is -0.350 e. The number of fused-ring (bicyclic) bond motifs is 4. The number of hydrogen-bond donors (Lipinski definition) is 0. The molecule has 5 atom stereocenters. The zero-order valence-corrected chi connectivity index (χ0v) is 44.1. The quantitative estimate of drug-likeness (QED) is 0.205. The van der Waals surface area contributed by atoms with Gasteiger partial charge in [0.2, 0.25) is 15.9 Å². The number of carbonyl (C=O) groups excluding carboxylic acids is 2. The van der Waals surface area contributed by atoms with Crippen LogP contribution in [-0.2, 0) is 30.3 Å². The van der Waals surface area contributed by atoms with Crippen LogP contribution in [-0.4, -0.2) is 151 Å². The van der Waals surface area contributed by atoms with Gasteiger partial charge < -0.3 is 29.4 Å². The molecule has 11 rings (SSSR count). The summed E-state index contributed by atoms with van der Waals surface area (Å²) in [5, 5.41) is 27.9. The average Bonchev–Trinajstić information content (AvgIpc) is 3.93. The van der Waals surface area contributed by atoms with E-state index in [0.29, 0.717) is 68.6 Å². The summed E-state index contributed by atoms with van der Waals surface area (Å²) in [6.07, 6.45) is 13.5. The third-order valence-corrected chi connectivity index (χ3v) is 19.6. The highest BCUT2D eigenvalue weighted by molar-refractivity contribution is 7.92. The molecule has 4 aromatic rings. The van der Waals surface area contributed by atoms with Crippen molar-refractivity contribution in [3.05, 3.63) is 63.5 Å². The molecule has 23 heteroatoms. The van der Waals surface area contributed by atoms with E-state index in [-0.39, 0.29) is 52.4 Å². The molecule has 0 aromatic carbocycles. The maximum atomic E-state index is 14.8. The molecule has 3 aliphatic carbocycles. The van der Waals surface area contributed by atoms with Crippen molar-refractivity contribution in [3.63, 3.8) is 0 Å². The molecule has 74 heavy (non-hydrogen) atoms. The van der Waals surface area contributed by atoms with Crippen molar-refractivity contribution in [1.29, 1.82) is 10.5 Å². The molecular weight excluding hydrogens is 982 g/mol. The summed E-state index contributed by atoms with van der Waals surface area (Å²) < 4.78 is 25.6. The largest absolute Gasteiger partial charge is 0.350 e. The monoisotopic (exact) mass is 1040 g/mol. The summed E-state index contributed by atoms with van der Waals surface area (Å²) in [5.41, 5.74) is 1.29. The van der Waals surface area contributed by atoms with E-state index in [0.717, 1.165) is 79.8 Å². The van der Waals surface area contributed by atoms with Gasteiger partial charge in [-0.2, -0.15) is 15.6 Å². The Bertz CT molecular complexity index is 3250. The molecule has 4 aliphatic heterocycles. The standard InChI is InChI=1S/C51H59ClN17O4S/c1-31-23-66(33(3)21-64(31)42-40-44(59-30-57-42)69(28-51(40)14-9-15-51)38-16-35(18-53)19-60-63-38)45(70)48(5,74(6,72)73)26-55-20-36-17-37(62-47(52)61-36)68-27-50(12-8-13-50)39-41(56-29-58-43(39)68)65-22-34(4)67(24-32(65)2)46(71)49(25-54)10-7-11-49/h16-17,19,29-34H,7-15,21-24,26-28H2,1-6H3/q+1/t31-,32-,33+,34+,48?/m0/s1. The van der Waals surface area contributed by atoms with Crippen molar-refractivity contribution in [2.45, 2.75) is 132 Å². The van der Waals surface area contributed by atoms with Crippen LogP contribution in [0.15, 0.2) is 31.0 Å². The van der Waals surface area contributed by atoms with Crippen LogP contribution in [0.4, 0.5) is 34.9 Å². The molecule has 2 amide bonds. The van der Waals surface area contributed by atoms with Crippen LogP contribution in [0.5, 0.6) is 0 Å². The van der Waals surface area contributed by atoms with Crippen molar-refractivity contribution in [1.82, 2.24) is 49.9 Å². The van der Waals surface area contributed by atoms with Crippen molar-refractivity contribution >= 4 is 68.2 Å². The van der Waals surface area contributed by atoms with Crippen LogP contribution in [0.3, 0.4) is 0 Å². The maximum absolute atomic E-state index is 14.8. The van der Waals surface area contributed by atoms with E-state index in [1.54, 1.807) is 23.4 Å². The topological polar surface area (TPSA) is 243 Å². The van der Waals surface area contributed by atoms with Gasteiger partial charge in [-0.25, -0.2) is 38.3 Å². The molecule has 21 nitrogen and oxygen atoms in total. The van der Waals surface area contributed by atoms with Crippen LogP contribution >= 0.6 is 11.6 Å². The van der Waals surface area contributed by atoms with Crippen LogP contribution in [0.1, 0.15) is 115 Å². The van der Waals surface area contributed by atoms with E-state index >= 15 is 0 Å². The average molecular weight is 1040 g/mol. The first-order chi connectivity index (χ1) is 35.3. The van der Waals surface area contributed by atoms with Crippen molar-refractivity contribution in [2.24, 2.45) is 5.41 Å². The number of rotatable bonds is 8. The Labute approximate surface area is 435 Å². The molecule has 2 spiro atoms. The molecule has 3 saturated carbocycles. The third-order valence-electron chi connectivity index (χ3n) is 17.5. The highest BCUT2D eigenvalue weighted by Gasteiger charge is 2.56. The van der Waals surface area contributed by atoms with E-state index in [1.165, 1.54) is 19.4 Å². The molecule has 8 heterocycles. The summed E-state index contributed by atoms with van der Waals surface area (Å²) >= 11 is 6.63. The molecule has 7 aliphatic rings. The Kier molecular flexibility index (Phi) is 12.0. The Balaban J connectivity index is 0.824. The van der Waals surface area contributed by atoms with E-state index in [2.05, 4.69) is 59.9 Å². The fraction of sp³-hybridized carbons (Fsp3) is 0.588. The van der Waals surface area contributed by atoms with E-state index < -0.39 is 38.5 Å². The second-order valence-corrected chi connectivity index (χ2v) is 24.9. The van der Waals surface area contributed by atoms with Gasteiger partial charge in [-0.15, -0.1) is 5.10 Å². The fourth-order valence-electron chi connectivity index (χ4n) is 12.5. The lowest BCUT2D eigenvalue weighted by Gasteiger charge is -2.49. The molecule has 5 fully saturated rings. The molecule has 1 unspecified atom stereocenters. The number of sulfone groups is 1. The Morgan fingerprint density at radius 3 is 1.81 bits per heavy atom. The molecule has 384 valence electrons. The van der Waals surface area contributed by atoms with Gasteiger partial charge in [0.1, 0.15) is 53.2 Å². The number of halogens is 1. The highest BCUT2D eigenvalue weighted by Crippen LogP contribution is 2.58. The summed E-state index contributed by atoms with van der Waals surface area (Å²) in [5.74, 6) is 3.41. The predicted molar refractivity (Wildman–Crippen MR) is 275 cm³/mol. The second-order valence-electron chi connectivity index (χ2n) is 22.1. The van der Waals surface area contributed by atoms with E-state index in [9.17, 15) is 28.5 Å². The Morgan fingerprint density at radius 1 is 0.757 bits per heavy atom. The highest BCUT2D eigenvalue weighted by atomic mass is 35.5. The molecule has 0 radical (unpaired) electrons. The maximum Gasteiger partial charge on any atom is 0.331 e. The number of hydrogen-bond acceptors (Lipinski definition) is 18. The second kappa shape index (κ2) is 17.9. The van der Waals surface area contributed by atoms with Gasteiger partial charge in [0.25, 0.3) is 12.5 Å². The number of carbonyl (C=O) groups is 2. The van der Waals surface area contributed by atoms with Crippen LogP contribution in [0.2, 0.25) is 5.28 Å². The van der Waals surface area contributed by atoms with Gasteiger partial charge in [0, 0.05) is 104 Å². The zero-order valence-electron chi connectivity index (χ0n) is 42.5. The third kappa shape index (κ3) is 7.74. The lowest BCUT2D eigenvalue weighted by Crippen LogP contribution is -2.64. The fourth-order valence-corrected chi connectivity index (χ4v) is 13.4. The number of aromatic nitrogens is 8. The van der Waals surface area contributed by atoms with Gasteiger partial charge >= 0.3 is 6.07 Å². The normalized spacial score (nSPS) is 24.8. The van der Waals surface area contributed by atoms with Gasteiger partial charge in [0.15, 0.2) is 21.3 Å². The van der Waals surface area contributed by atoms with Gasteiger partial charge in [-0.1, -0.05) is 17.7 Å². The summed E-state index contributed by atoms with van der Waals surface area (Å²) in [6, 6.07) is 9.94. The minimum atomic E-state index is -4.05. The number of anilines is 6. The first kappa shape index (κ1) is 49.4. The lowest BCUT2D eigenvalue weighted by atomic mass is 9.66. The smallest absolute Gasteiger partial charge is 0.331 e. The van der Waals surface area contributed by atoms with Gasteiger partial charge in [-0.3, -0.25) is 9.59 Å². The summed E-state index contributed by atoms with van der Waals surface area (Å²) in [7, 11) is -4.05. The number of piperazine rings is 2. The van der Waals surface area contributed by atoms with E-state index in [1.807, 2.05) is 35.5 Å². The SMILES string of the molecule is C[C@@H]1CN(c2ncnc3c2C2(CCC2)CN3c2cc(C#[N+]CC(C)(C(=O)N3C[C@H](C)N(c4ncnc5c4C4(CCC4)CN5c4cc(C#N)cnn4)C[C@H]3C)S(C)(=O)=O)nc(Cl)n2)[C@@H](C)CN1C(=O)C1(C#N)CCC1. The molecule has 4 aromatic heterocycles. The molecule has 0 N–H and O–H groups in total. The van der Waals surface area contributed by atoms with Gasteiger partial charge in [-0.05, 0) is 91.2 Å². The summed E-state index contributed by atoms with van der Waals surface area (Å²) in [4.78, 5) is 73.4. The predicted octanol–water partition coefficient (Wildman–Crippen LogP) is 5.25. The van der Waals surface area contributed by atoms with Crippen LogP contribution in [0, 0.1) is 34.1 Å². The number of nitrogens with zero attached hydrogens (tertiary/aromatic N) is 17. The van der Waals surface area contributed by atoms with Crippen molar-refractivity contribution < 1.29 is 18.0 Å². The van der Waals surface area contributed by atoms with E-state index in [4.69, 9.17) is 31.5 Å². The van der Waals surface area contributed by atoms with Crippen LogP contribution in [0.25, 0.3) is 4.85 Å². The lowest BCUT2D eigenvalue weighted by molar-refractivity contribution is -0.146. The minimum absolute atomic E-state index is 0.0646. The summed E-state index contributed by atoms with van der Waals surface area (Å²) in [6.45, 7) is 11.9. The number of amides is 2. The van der Waals surface area contributed by atoms with Crippen molar-refractivity contribution in [3.8, 4) is 18.2 Å². The first-order valence-electron chi connectivity index (χ1n) is 25.6. The molecule has 0 bridgehead atoms. The Hall–Kier alpha value is -6.83. The zero-order chi connectivity index (χ0) is 52.1. The number of nitriles is 2. The van der Waals surface area contributed by atoms with Gasteiger partial charge in [0.05, 0.1) is 17.8 Å². The Morgan fingerprint density at radius 2 is 1.30 bits per heavy atom. The molecule has 2 saturated heterocycles.